The fourth-order valence-electron chi connectivity index (χ4n) is 5.02. The Labute approximate surface area is 285 Å². The van der Waals surface area contributed by atoms with Crippen molar-refractivity contribution in [3.63, 3.8) is 0 Å². The molecule has 0 saturated carbocycles. The topological polar surface area (TPSA) is 157 Å². The molecule has 4 amide bonds. The molecule has 0 spiro atoms. The minimum Gasteiger partial charge on any atom is -0.458 e. The average Bonchev–Trinajstić information content (AvgIpc) is 2.95. The summed E-state index contributed by atoms with van der Waals surface area (Å²) < 4.78 is 11.1. The molecule has 3 atom stereocenters. The van der Waals surface area contributed by atoms with Gasteiger partial charge < -0.3 is 30.7 Å². The van der Waals surface area contributed by atoms with Crippen molar-refractivity contribution in [2.45, 2.75) is 124 Å². The maximum Gasteiger partial charge on any atom is 0.408 e. The first kappa shape index (κ1) is 39.8. The molecule has 2 aromatic carbocycles. The Kier molecular flexibility index (Phi) is 14.6. The Morgan fingerprint density at radius 1 is 0.812 bits per heavy atom. The van der Waals surface area contributed by atoms with Crippen LogP contribution in [0.25, 0.3) is 0 Å². The van der Waals surface area contributed by atoms with Crippen molar-refractivity contribution in [3.8, 4) is 0 Å². The smallest absolute Gasteiger partial charge is 0.408 e. The molecule has 0 aliphatic carbocycles. The minimum absolute atomic E-state index is 0.124. The molecule has 3 unspecified atom stereocenters. The summed E-state index contributed by atoms with van der Waals surface area (Å²) in [5.41, 5.74) is 7.01. The summed E-state index contributed by atoms with van der Waals surface area (Å²) in [6.45, 7) is 16.2. The first-order valence-corrected chi connectivity index (χ1v) is 16.5. The molecular weight excluding hydrogens is 612 g/mol. The molecular formula is C37H54N4O7. The first-order chi connectivity index (χ1) is 22.3. The highest BCUT2D eigenvalue weighted by Crippen LogP contribution is 2.27. The fraction of sp³-hybridized carbons (Fsp3) is 0.541. The fourth-order valence-corrected chi connectivity index (χ4v) is 5.02. The second kappa shape index (κ2) is 17.7. The van der Waals surface area contributed by atoms with Crippen LogP contribution >= 0.6 is 0 Å². The number of rotatable bonds is 15. The lowest BCUT2D eigenvalue weighted by atomic mass is 9.97. The number of carbonyl (C=O) groups excluding carboxylic acids is 5. The number of primary amides is 1. The summed E-state index contributed by atoms with van der Waals surface area (Å²) in [4.78, 5) is 68.8. The van der Waals surface area contributed by atoms with Crippen molar-refractivity contribution >= 4 is 29.8 Å². The molecule has 0 saturated heterocycles. The number of ether oxygens (including phenoxy) is 2. The van der Waals surface area contributed by atoms with E-state index in [1.54, 1.807) is 47.6 Å². The van der Waals surface area contributed by atoms with Gasteiger partial charge in [0, 0.05) is 13.0 Å². The Balaban J connectivity index is 2.67. The number of aryl methyl sites for hydroxylation is 2. The minimum atomic E-state index is -1.41. The SMILES string of the molecule is CCCCCN(C(=O)C(CC(N)=O)NC(=O)OC(C)(C)C)C(C(=O)NC(Cc1ccccc1)C(=O)OC(C)(C)C)c1ccc(C)c(C)c1. The highest BCUT2D eigenvalue weighted by atomic mass is 16.6. The van der Waals surface area contributed by atoms with Crippen molar-refractivity contribution < 1.29 is 33.4 Å². The molecule has 11 heteroatoms. The van der Waals surface area contributed by atoms with Gasteiger partial charge in [0.2, 0.25) is 17.7 Å². The maximum absolute atomic E-state index is 14.5. The third-order valence-electron chi connectivity index (χ3n) is 7.38. The van der Waals surface area contributed by atoms with E-state index in [9.17, 15) is 24.0 Å². The van der Waals surface area contributed by atoms with Crippen LogP contribution in [0, 0.1) is 13.8 Å². The van der Waals surface area contributed by atoms with E-state index in [2.05, 4.69) is 10.6 Å². The average molecular weight is 667 g/mol. The lowest BCUT2D eigenvalue weighted by molar-refractivity contribution is -0.159. The monoisotopic (exact) mass is 666 g/mol. The number of hydrogen-bond donors (Lipinski definition) is 3. The summed E-state index contributed by atoms with van der Waals surface area (Å²) in [5, 5.41) is 5.39. The predicted octanol–water partition coefficient (Wildman–Crippen LogP) is 5.20. The van der Waals surface area contributed by atoms with Crippen molar-refractivity contribution in [3.05, 3.63) is 70.8 Å². The standard InChI is InChI=1S/C37H54N4O7/c1-10-11-15-20-41(33(44)28(23-30(38)42)40-35(46)48-37(7,8)9)31(27-19-18-24(2)25(3)21-27)32(43)39-29(34(45)47-36(4,5)6)22-26-16-13-12-14-17-26/h12-14,16-19,21,28-29,31H,10-11,15,20,22-23H2,1-9H3,(H2,38,42)(H,39,43)(H,40,46). The van der Waals surface area contributed by atoms with Gasteiger partial charge in [0.1, 0.15) is 29.3 Å². The van der Waals surface area contributed by atoms with E-state index in [-0.39, 0.29) is 13.0 Å². The van der Waals surface area contributed by atoms with Crippen molar-refractivity contribution in [1.29, 1.82) is 0 Å². The van der Waals surface area contributed by atoms with Gasteiger partial charge in [-0.15, -0.1) is 0 Å². The molecule has 2 rings (SSSR count). The van der Waals surface area contributed by atoms with Crippen molar-refractivity contribution in [1.82, 2.24) is 15.5 Å². The van der Waals surface area contributed by atoms with Crippen LogP contribution in [0.4, 0.5) is 4.79 Å². The largest absolute Gasteiger partial charge is 0.458 e. The van der Waals surface area contributed by atoms with Gasteiger partial charge in [0.25, 0.3) is 0 Å². The Morgan fingerprint density at radius 3 is 1.98 bits per heavy atom. The normalized spacial score (nSPS) is 13.4. The second-order valence-electron chi connectivity index (χ2n) is 14.1. The van der Waals surface area contributed by atoms with Gasteiger partial charge in [-0.3, -0.25) is 14.4 Å². The van der Waals surface area contributed by atoms with E-state index in [0.29, 0.717) is 12.0 Å². The lowest BCUT2D eigenvalue weighted by Gasteiger charge is -2.35. The van der Waals surface area contributed by atoms with E-state index in [0.717, 1.165) is 29.5 Å². The molecule has 48 heavy (non-hydrogen) atoms. The van der Waals surface area contributed by atoms with Crippen LogP contribution in [0.5, 0.6) is 0 Å². The highest BCUT2D eigenvalue weighted by Gasteiger charge is 2.39. The number of hydrogen-bond acceptors (Lipinski definition) is 7. The molecule has 0 aliphatic heterocycles. The number of nitrogens with two attached hydrogens (primary N) is 1. The second-order valence-corrected chi connectivity index (χ2v) is 14.1. The molecule has 2 aromatic rings. The summed E-state index contributed by atoms with van der Waals surface area (Å²) in [7, 11) is 0. The quantitative estimate of drug-likeness (QED) is 0.174. The number of carbonyl (C=O) groups is 5. The Morgan fingerprint density at radius 2 is 1.44 bits per heavy atom. The lowest BCUT2D eigenvalue weighted by Crippen LogP contribution is -2.55. The number of unbranched alkanes of at least 4 members (excludes halogenated alkanes) is 2. The zero-order valence-corrected chi connectivity index (χ0v) is 30.0. The van der Waals surface area contributed by atoms with E-state index >= 15 is 0 Å². The number of amides is 4. The van der Waals surface area contributed by atoms with Gasteiger partial charge in [-0.2, -0.15) is 0 Å². The number of alkyl carbamates (subject to hydrolysis) is 1. The van der Waals surface area contributed by atoms with Crippen LogP contribution in [-0.2, 0) is 35.1 Å². The van der Waals surface area contributed by atoms with Gasteiger partial charge in [0.05, 0.1) is 6.42 Å². The summed E-state index contributed by atoms with van der Waals surface area (Å²) >= 11 is 0. The molecule has 4 N–H and O–H groups in total. The molecule has 0 aromatic heterocycles. The number of benzene rings is 2. The molecule has 0 bridgehead atoms. The zero-order valence-electron chi connectivity index (χ0n) is 30.0. The molecule has 11 nitrogen and oxygen atoms in total. The molecule has 0 radical (unpaired) electrons. The van der Waals surface area contributed by atoms with Gasteiger partial charge >= 0.3 is 12.1 Å². The van der Waals surface area contributed by atoms with E-state index in [1.807, 2.05) is 63.2 Å². The molecule has 0 aliphatic rings. The summed E-state index contributed by atoms with van der Waals surface area (Å²) in [6.07, 6.45) is 0.844. The van der Waals surface area contributed by atoms with E-state index < -0.39 is 65.5 Å². The van der Waals surface area contributed by atoms with Crippen LogP contribution in [-0.4, -0.2) is 64.5 Å². The maximum atomic E-state index is 14.5. The summed E-state index contributed by atoms with van der Waals surface area (Å²) in [5.74, 6) is -2.76. The molecule has 0 fully saturated rings. The van der Waals surface area contributed by atoms with Gasteiger partial charge in [-0.1, -0.05) is 68.3 Å². The zero-order chi connectivity index (χ0) is 36.2. The van der Waals surface area contributed by atoms with Gasteiger partial charge in [-0.25, -0.2) is 9.59 Å². The van der Waals surface area contributed by atoms with Gasteiger partial charge in [-0.05, 0) is 84.1 Å². The third kappa shape index (κ3) is 13.4. The van der Waals surface area contributed by atoms with Crippen LogP contribution in [0.2, 0.25) is 0 Å². The Hall–Kier alpha value is -4.41. The van der Waals surface area contributed by atoms with E-state index in [4.69, 9.17) is 15.2 Å². The predicted molar refractivity (Wildman–Crippen MR) is 185 cm³/mol. The Bertz CT molecular complexity index is 1410. The molecule has 264 valence electrons. The first-order valence-electron chi connectivity index (χ1n) is 16.5. The number of nitrogens with zero attached hydrogens (tertiary/aromatic N) is 1. The van der Waals surface area contributed by atoms with Crippen molar-refractivity contribution in [2.24, 2.45) is 5.73 Å². The third-order valence-corrected chi connectivity index (χ3v) is 7.38. The number of nitrogens with one attached hydrogen (secondary N) is 2. The number of esters is 1. The van der Waals surface area contributed by atoms with Crippen LogP contribution in [0.3, 0.4) is 0 Å². The van der Waals surface area contributed by atoms with Crippen LogP contribution < -0.4 is 16.4 Å². The van der Waals surface area contributed by atoms with Crippen LogP contribution in [0.15, 0.2) is 48.5 Å². The highest BCUT2D eigenvalue weighted by molar-refractivity contribution is 5.95. The summed E-state index contributed by atoms with van der Waals surface area (Å²) in [6, 6.07) is 10.9. The van der Waals surface area contributed by atoms with Crippen molar-refractivity contribution in [2.75, 3.05) is 6.54 Å². The molecule has 0 heterocycles. The van der Waals surface area contributed by atoms with E-state index in [1.165, 1.54) is 4.90 Å². The van der Waals surface area contributed by atoms with Gasteiger partial charge in [0.15, 0.2) is 0 Å². The van der Waals surface area contributed by atoms with Crippen LogP contribution in [0.1, 0.15) is 102 Å².